The Balaban J connectivity index is 2.42. The number of carbonyl (C=O) groups is 13. The number of benzene rings is 1. The number of aromatic nitrogens is 1. The quantitative estimate of drug-likeness (QED) is 0.0456. The zero-order valence-corrected chi connectivity index (χ0v) is 45.5. The van der Waals surface area contributed by atoms with E-state index in [1.807, 2.05) is 61.2 Å². The van der Waals surface area contributed by atoms with Gasteiger partial charge in [0.05, 0.1) is 68.1 Å². The topological polar surface area (TPSA) is 412 Å². The third-order valence-corrected chi connectivity index (χ3v) is 13.1. The molecule has 1 aromatic heterocycles. The van der Waals surface area contributed by atoms with Crippen molar-refractivity contribution in [3.63, 3.8) is 0 Å². The van der Waals surface area contributed by atoms with Crippen LogP contribution in [-0.2, 0) is 74.8 Å². The number of fused-ring (bicyclic) bond motifs is 1. The van der Waals surface area contributed by atoms with E-state index in [0.29, 0.717) is 0 Å². The Morgan fingerprint density at radius 2 is 1.04 bits per heavy atom. The zero-order valence-electron chi connectivity index (χ0n) is 45.5. The molecular formula is C52H73N7O19. The van der Waals surface area contributed by atoms with Gasteiger partial charge in [0.1, 0.15) is 12.1 Å². The molecule has 0 saturated heterocycles. The van der Waals surface area contributed by atoms with E-state index in [2.05, 4.69) is 16.0 Å². The fraction of sp³-hybridized carbons (Fsp3) is 0.558. The number of Topliss-reactive ketones (excluding diaryl/α,β-unsaturated/α-hetero) is 2. The highest BCUT2D eigenvalue weighted by Crippen LogP contribution is 2.35. The number of nitrogens with zero attached hydrogens (tertiary/aromatic N) is 2. The number of amides is 5. The molecule has 0 unspecified atom stereocenters. The van der Waals surface area contributed by atoms with Gasteiger partial charge in [0.25, 0.3) is 0 Å². The summed E-state index contributed by atoms with van der Waals surface area (Å²) in [7, 11) is 5.02. The molecule has 2 rings (SSSR count). The number of hydrogen-bond acceptors (Lipinski definition) is 14. The number of likely N-dealkylation sites (N-methyl/N-ethyl adjacent to an activating group) is 2. The van der Waals surface area contributed by atoms with Gasteiger partial charge in [0, 0.05) is 55.0 Å². The fourth-order valence-electron chi connectivity index (χ4n) is 8.91. The molecule has 2 aromatic rings. The smallest absolute Gasteiger partial charge is 0.326 e. The maximum absolute atomic E-state index is 14.6. The van der Waals surface area contributed by atoms with Crippen molar-refractivity contribution in [3.8, 4) is 0 Å². The molecule has 26 heteroatoms. The minimum Gasteiger partial charge on any atom is -0.481 e. The van der Waals surface area contributed by atoms with E-state index in [1.165, 1.54) is 24.9 Å². The van der Waals surface area contributed by atoms with Gasteiger partial charge in [-0.05, 0) is 36.9 Å². The Kier molecular flexibility index (Phi) is 24.0. The largest absolute Gasteiger partial charge is 0.481 e. The summed E-state index contributed by atoms with van der Waals surface area (Å²) in [5.41, 5.74) is 0.0691. The van der Waals surface area contributed by atoms with Crippen molar-refractivity contribution in [2.24, 2.45) is 30.2 Å². The molecule has 26 nitrogen and oxygen atoms in total. The van der Waals surface area contributed by atoms with Gasteiger partial charge >= 0.3 is 35.8 Å². The van der Waals surface area contributed by atoms with Crippen LogP contribution in [-0.4, -0.2) is 167 Å². The Hall–Kier alpha value is -8.03. The molecule has 1 heterocycles. The average molecular weight is 1100 g/mol. The van der Waals surface area contributed by atoms with Gasteiger partial charge in [0.15, 0.2) is 11.6 Å². The maximum atomic E-state index is 14.6. The van der Waals surface area contributed by atoms with E-state index >= 15 is 0 Å². The summed E-state index contributed by atoms with van der Waals surface area (Å²) in [6, 6.07) is -1.20. The first-order chi connectivity index (χ1) is 35.9. The molecule has 78 heavy (non-hydrogen) atoms. The average Bonchev–Trinajstić information content (AvgIpc) is 3.66. The van der Waals surface area contributed by atoms with Crippen LogP contribution in [0.15, 0.2) is 42.1 Å². The summed E-state index contributed by atoms with van der Waals surface area (Å²) in [5, 5.41) is 69.9. The number of aliphatic carboxylic acids is 6. The number of nitrogens with one attached hydrogen (secondary N) is 5. The second-order valence-electron chi connectivity index (χ2n) is 21.2. The van der Waals surface area contributed by atoms with E-state index < -0.39 is 187 Å². The molecule has 0 aliphatic rings. The van der Waals surface area contributed by atoms with Crippen LogP contribution in [0.3, 0.4) is 0 Å². The standard InChI is InChI=1S/C52H73N7O19/c1-25(2)35(59(11)49(76)44(51(4,5)6)57-48(75)43(53-9)52(7,8)30-24-58(10)34-15-13-12-14-29(30)34)16-26(3)45(72)54-31(21-40(66)67)36(60)17-27(19-38(62)63)46(73)55-32(22-41(68)69)37(61)18-28(20-39(64)65)47(74)56-33(50(77)78)23-42(70)71/h12-16,24-25,27-28,31-33,35,43-44,53H,17-23H2,1-11H3,(H,54,72)(H,55,73)(H,56,74)(H,57,75)(H,62,63)(H,64,65)(H,66,67)(H,68,69)(H,70,71)(H,77,78)/b26-16+/t27-,28-,31-,32-,33-,35+,43+,44+/m0/s1. The van der Waals surface area contributed by atoms with E-state index in [-0.39, 0.29) is 5.57 Å². The van der Waals surface area contributed by atoms with Crippen molar-refractivity contribution >= 4 is 87.8 Å². The lowest BCUT2D eigenvalue weighted by Gasteiger charge is -2.39. The molecule has 0 bridgehead atoms. The van der Waals surface area contributed by atoms with Gasteiger partial charge < -0.3 is 66.7 Å². The predicted octanol–water partition coefficient (Wildman–Crippen LogP) is 1.07. The molecule has 0 radical (unpaired) electrons. The normalized spacial score (nSPS) is 15.0. The van der Waals surface area contributed by atoms with Gasteiger partial charge in [-0.2, -0.15) is 0 Å². The van der Waals surface area contributed by atoms with Gasteiger partial charge in [0.2, 0.25) is 29.5 Å². The number of rotatable bonds is 32. The lowest BCUT2D eigenvalue weighted by molar-refractivity contribution is -0.148. The highest BCUT2D eigenvalue weighted by atomic mass is 16.4. The molecule has 430 valence electrons. The summed E-state index contributed by atoms with van der Waals surface area (Å²) < 4.78 is 1.97. The predicted molar refractivity (Wildman–Crippen MR) is 276 cm³/mol. The molecule has 0 spiro atoms. The monoisotopic (exact) mass is 1100 g/mol. The first kappa shape index (κ1) is 66.1. The summed E-state index contributed by atoms with van der Waals surface area (Å²) in [6.45, 7) is 13.9. The number of hydrogen-bond donors (Lipinski definition) is 11. The minimum absolute atomic E-state index is 0.120. The highest BCUT2D eigenvalue weighted by molar-refractivity contribution is 6.01. The fourth-order valence-corrected chi connectivity index (χ4v) is 8.91. The van der Waals surface area contributed by atoms with Crippen LogP contribution < -0.4 is 26.6 Å². The van der Waals surface area contributed by atoms with Crippen molar-refractivity contribution in [2.45, 2.75) is 142 Å². The van der Waals surface area contributed by atoms with Crippen molar-refractivity contribution in [2.75, 3.05) is 14.1 Å². The summed E-state index contributed by atoms with van der Waals surface area (Å²) >= 11 is 0. The van der Waals surface area contributed by atoms with Crippen LogP contribution in [0.4, 0.5) is 0 Å². The Labute approximate surface area is 449 Å². The molecule has 11 N–H and O–H groups in total. The van der Waals surface area contributed by atoms with Gasteiger partial charge in [-0.1, -0.05) is 72.7 Å². The molecule has 0 saturated carbocycles. The number of carboxylic acids is 6. The van der Waals surface area contributed by atoms with Crippen LogP contribution >= 0.6 is 0 Å². The van der Waals surface area contributed by atoms with Gasteiger partial charge in [-0.3, -0.25) is 57.5 Å². The molecule has 8 atom stereocenters. The number of aryl methyl sites for hydroxylation is 1. The van der Waals surface area contributed by atoms with Crippen molar-refractivity contribution in [3.05, 3.63) is 47.7 Å². The van der Waals surface area contributed by atoms with Crippen LogP contribution in [0.5, 0.6) is 0 Å². The number of para-hydroxylation sites is 1. The lowest BCUT2D eigenvalue weighted by atomic mass is 9.76. The molecule has 0 aliphatic heterocycles. The van der Waals surface area contributed by atoms with E-state index in [9.17, 15) is 87.9 Å². The first-order valence-electron chi connectivity index (χ1n) is 24.7. The summed E-state index contributed by atoms with van der Waals surface area (Å²) in [4.78, 5) is 168. The Morgan fingerprint density at radius 3 is 1.46 bits per heavy atom. The number of carboxylic acid groups (broad SMARTS) is 6. The van der Waals surface area contributed by atoms with E-state index in [0.717, 1.165) is 16.5 Å². The van der Waals surface area contributed by atoms with Crippen molar-refractivity contribution in [1.29, 1.82) is 0 Å². The number of ketones is 2. The molecule has 0 fully saturated rings. The Morgan fingerprint density at radius 1 is 0.603 bits per heavy atom. The van der Waals surface area contributed by atoms with Crippen LogP contribution in [0.25, 0.3) is 10.9 Å². The third kappa shape index (κ3) is 18.9. The highest BCUT2D eigenvalue weighted by Gasteiger charge is 2.43. The van der Waals surface area contributed by atoms with Crippen LogP contribution in [0.2, 0.25) is 0 Å². The number of carbonyl (C=O) groups excluding carboxylic acids is 7. The second-order valence-corrected chi connectivity index (χ2v) is 21.2. The second kappa shape index (κ2) is 28.4. The summed E-state index contributed by atoms with van der Waals surface area (Å²) in [6.07, 6.45) is -4.76. The zero-order chi connectivity index (χ0) is 59.9. The Bertz CT molecular complexity index is 2670. The third-order valence-electron chi connectivity index (χ3n) is 13.1. The van der Waals surface area contributed by atoms with Gasteiger partial charge in [-0.25, -0.2) is 4.79 Å². The van der Waals surface area contributed by atoms with E-state index in [4.69, 9.17) is 5.11 Å². The molecular weight excluding hydrogens is 1030 g/mol. The first-order valence-corrected chi connectivity index (χ1v) is 24.7. The van der Waals surface area contributed by atoms with Crippen LogP contribution in [0.1, 0.15) is 106 Å². The van der Waals surface area contributed by atoms with Crippen LogP contribution in [0, 0.1) is 23.2 Å². The molecule has 5 amide bonds. The van der Waals surface area contributed by atoms with Gasteiger partial charge in [-0.15, -0.1) is 0 Å². The van der Waals surface area contributed by atoms with E-state index in [1.54, 1.807) is 47.0 Å². The maximum Gasteiger partial charge on any atom is 0.326 e. The SMILES string of the molecule is CN[C@H](C(=O)N[C@H](C(=O)N(C)[C@H](/C=C(\C)C(=O)N[C@@H](CC(=O)O)C(=O)C[C@@H](CC(=O)O)C(=O)N[C@@H](CC(=O)O)C(=O)C[C@@H](CC(=O)O)C(=O)N[C@@H](CC(=O)O)C(=O)O)C(C)C)C(C)(C)C)C(C)(C)c1cn(C)c2ccccc12. The van der Waals surface area contributed by atoms with Crippen molar-refractivity contribution < 1.29 is 93.0 Å². The lowest BCUT2D eigenvalue weighted by Crippen LogP contribution is -2.61. The molecule has 1 aromatic carbocycles. The molecule has 0 aliphatic carbocycles. The van der Waals surface area contributed by atoms with Crippen molar-refractivity contribution in [1.82, 2.24) is 36.1 Å². The summed E-state index contributed by atoms with van der Waals surface area (Å²) in [5.74, 6) is -22.0. The minimum atomic E-state index is -2.13.